The van der Waals surface area contributed by atoms with E-state index in [-0.39, 0.29) is 11.9 Å². The van der Waals surface area contributed by atoms with E-state index < -0.39 is 0 Å². The van der Waals surface area contributed by atoms with Crippen molar-refractivity contribution in [2.45, 2.75) is 32.4 Å². The zero-order chi connectivity index (χ0) is 20.0. The average molecular weight is 390 g/mol. The molecule has 1 unspecified atom stereocenters. The molecule has 3 aromatic rings. The van der Waals surface area contributed by atoms with E-state index >= 15 is 0 Å². The van der Waals surface area contributed by atoms with Gasteiger partial charge in [0.2, 0.25) is 5.95 Å². The summed E-state index contributed by atoms with van der Waals surface area (Å²) >= 11 is 0. The summed E-state index contributed by atoms with van der Waals surface area (Å²) < 4.78 is 19.5. The number of nitrogens with zero attached hydrogens (tertiary/aromatic N) is 4. The molecule has 0 amide bonds. The first-order valence-electron chi connectivity index (χ1n) is 9.96. The third-order valence-corrected chi connectivity index (χ3v) is 5.72. The highest BCUT2D eigenvalue weighted by atomic mass is 19.1. The van der Waals surface area contributed by atoms with Crippen LogP contribution < -0.4 is 9.80 Å². The van der Waals surface area contributed by atoms with E-state index in [1.807, 2.05) is 18.0 Å². The summed E-state index contributed by atoms with van der Waals surface area (Å²) in [4.78, 5) is 14.0. The fourth-order valence-corrected chi connectivity index (χ4v) is 4.26. The van der Waals surface area contributed by atoms with Gasteiger partial charge in [-0.3, -0.25) is 0 Å². The molecule has 2 aromatic carbocycles. The quantitative estimate of drug-likeness (QED) is 0.657. The van der Waals surface area contributed by atoms with E-state index in [4.69, 9.17) is 14.7 Å². The van der Waals surface area contributed by atoms with Crippen LogP contribution in [0.3, 0.4) is 0 Å². The van der Waals surface area contributed by atoms with E-state index in [2.05, 4.69) is 36.1 Å². The van der Waals surface area contributed by atoms with Gasteiger partial charge >= 0.3 is 0 Å². The van der Waals surface area contributed by atoms with Crippen LogP contribution in [-0.4, -0.2) is 29.7 Å². The van der Waals surface area contributed by atoms with Crippen LogP contribution in [0.5, 0.6) is 0 Å². The Labute approximate surface area is 169 Å². The van der Waals surface area contributed by atoms with Crippen LogP contribution in [-0.2, 0) is 24.2 Å². The van der Waals surface area contributed by atoms with Crippen molar-refractivity contribution in [3.8, 4) is 0 Å². The molecular formula is C23H23FN4O. The second-order valence-corrected chi connectivity index (χ2v) is 7.67. The third kappa shape index (κ3) is 3.13. The molecule has 6 heteroatoms. The predicted molar refractivity (Wildman–Crippen MR) is 112 cm³/mol. The van der Waals surface area contributed by atoms with Gasteiger partial charge in [0.15, 0.2) is 0 Å². The van der Waals surface area contributed by atoms with E-state index in [1.54, 1.807) is 6.07 Å². The lowest BCUT2D eigenvalue weighted by Crippen LogP contribution is -2.29. The minimum atomic E-state index is -0.268. The molecule has 1 aromatic heterocycles. The molecule has 5 rings (SSSR count). The number of para-hydroxylation sites is 1. The highest BCUT2D eigenvalue weighted by molar-refractivity contribution is 5.70. The maximum atomic E-state index is 13.8. The first kappa shape index (κ1) is 18.1. The lowest BCUT2D eigenvalue weighted by molar-refractivity contribution is 0.109. The van der Waals surface area contributed by atoms with Crippen molar-refractivity contribution in [1.82, 2.24) is 9.97 Å². The van der Waals surface area contributed by atoms with Gasteiger partial charge in [0.05, 0.1) is 18.9 Å². The van der Waals surface area contributed by atoms with Gasteiger partial charge in [-0.05, 0) is 43.2 Å². The molecule has 148 valence electrons. The fraction of sp³-hybridized carbons (Fsp3) is 0.304. The minimum Gasteiger partial charge on any atom is -0.376 e. The number of hydrogen-bond donors (Lipinski definition) is 0. The number of fused-ring (bicyclic) bond motifs is 2. The Hall–Kier alpha value is -2.99. The molecule has 1 atom stereocenters. The summed E-state index contributed by atoms with van der Waals surface area (Å²) in [5.41, 5.74) is 5.20. The van der Waals surface area contributed by atoms with Crippen molar-refractivity contribution >= 4 is 23.1 Å². The summed E-state index contributed by atoms with van der Waals surface area (Å²) in [7, 11) is 1.91. The van der Waals surface area contributed by atoms with Crippen molar-refractivity contribution in [2.75, 3.05) is 23.5 Å². The van der Waals surface area contributed by atoms with Gasteiger partial charge in [-0.1, -0.05) is 24.3 Å². The maximum Gasteiger partial charge on any atom is 0.232 e. The number of halogens is 1. The van der Waals surface area contributed by atoms with E-state index in [0.29, 0.717) is 19.2 Å². The molecule has 0 saturated heterocycles. The third-order valence-electron chi connectivity index (χ3n) is 5.72. The monoisotopic (exact) mass is 390 g/mol. The molecular weight excluding hydrogens is 367 g/mol. The largest absolute Gasteiger partial charge is 0.376 e. The number of aromatic nitrogens is 2. The molecule has 0 fully saturated rings. The highest BCUT2D eigenvalue weighted by Gasteiger charge is 2.31. The molecule has 2 aliphatic rings. The topological polar surface area (TPSA) is 41.5 Å². The van der Waals surface area contributed by atoms with Crippen LogP contribution in [0.15, 0.2) is 48.5 Å². The number of hydrogen-bond acceptors (Lipinski definition) is 5. The van der Waals surface area contributed by atoms with E-state index in [0.717, 1.165) is 41.3 Å². The van der Waals surface area contributed by atoms with Gasteiger partial charge in [-0.15, -0.1) is 0 Å². The molecule has 0 aliphatic carbocycles. The SMILES string of the molecule is CC1Cc2ccccc2N1c1nc2c(c(N(C)c3cccc(F)c3)n1)COCC2. The Morgan fingerprint density at radius 1 is 1.14 bits per heavy atom. The Morgan fingerprint density at radius 3 is 2.86 bits per heavy atom. The standard InChI is InChI=1S/C23H23FN4O/c1-15-12-16-6-3-4-9-21(16)28(15)23-25-20-10-11-29-14-19(20)22(26-23)27(2)18-8-5-7-17(24)13-18/h3-9,13,15H,10-12,14H2,1-2H3. The molecule has 5 nitrogen and oxygen atoms in total. The number of benzene rings is 2. The predicted octanol–water partition coefficient (Wildman–Crippen LogP) is 4.54. The Morgan fingerprint density at radius 2 is 2.00 bits per heavy atom. The fourth-order valence-electron chi connectivity index (χ4n) is 4.26. The lowest BCUT2D eigenvalue weighted by atomic mass is 10.1. The highest BCUT2D eigenvalue weighted by Crippen LogP contribution is 2.39. The van der Waals surface area contributed by atoms with Gasteiger partial charge in [-0.25, -0.2) is 9.37 Å². The minimum absolute atomic E-state index is 0.268. The van der Waals surface area contributed by atoms with Crippen molar-refractivity contribution in [1.29, 1.82) is 0 Å². The first-order chi connectivity index (χ1) is 14.1. The van der Waals surface area contributed by atoms with Crippen molar-refractivity contribution in [3.05, 3.63) is 71.2 Å². The van der Waals surface area contributed by atoms with Gasteiger partial charge in [0.1, 0.15) is 11.6 Å². The zero-order valence-electron chi connectivity index (χ0n) is 16.6. The second kappa shape index (κ2) is 7.12. The maximum absolute atomic E-state index is 13.8. The van der Waals surface area contributed by atoms with Crippen LogP contribution in [0, 0.1) is 5.82 Å². The number of anilines is 4. The lowest BCUT2D eigenvalue weighted by Gasteiger charge is -2.29. The summed E-state index contributed by atoms with van der Waals surface area (Å²) in [6.07, 6.45) is 1.72. The smallest absolute Gasteiger partial charge is 0.232 e. The van der Waals surface area contributed by atoms with Gasteiger partial charge < -0.3 is 14.5 Å². The van der Waals surface area contributed by atoms with Gasteiger partial charge in [0.25, 0.3) is 0 Å². The van der Waals surface area contributed by atoms with Gasteiger partial charge in [0, 0.05) is 36.4 Å². The van der Waals surface area contributed by atoms with Crippen molar-refractivity contribution in [2.24, 2.45) is 0 Å². The Kier molecular flexibility index (Phi) is 4.43. The summed E-state index contributed by atoms with van der Waals surface area (Å²) in [6, 6.07) is 15.3. The Balaban J connectivity index is 1.64. The molecule has 0 spiro atoms. The second-order valence-electron chi connectivity index (χ2n) is 7.67. The summed E-state index contributed by atoms with van der Waals surface area (Å²) in [5.74, 6) is 1.20. The number of ether oxygens (including phenoxy) is 1. The van der Waals surface area contributed by atoms with Crippen LogP contribution in [0.25, 0.3) is 0 Å². The average Bonchev–Trinajstić information content (AvgIpc) is 3.08. The van der Waals surface area contributed by atoms with Crippen molar-refractivity contribution < 1.29 is 9.13 Å². The molecule has 0 N–H and O–H groups in total. The van der Waals surface area contributed by atoms with Crippen LogP contribution in [0.1, 0.15) is 23.7 Å². The van der Waals surface area contributed by atoms with E-state index in [1.165, 1.54) is 17.7 Å². The van der Waals surface area contributed by atoms with Crippen molar-refractivity contribution in [3.63, 3.8) is 0 Å². The first-order valence-corrected chi connectivity index (χ1v) is 9.96. The molecule has 0 radical (unpaired) electrons. The zero-order valence-corrected chi connectivity index (χ0v) is 16.6. The molecule has 2 aliphatic heterocycles. The molecule has 0 bridgehead atoms. The molecule has 3 heterocycles. The molecule has 29 heavy (non-hydrogen) atoms. The summed E-state index contributed by atoms with van der Waals surface area (Å²) in [5, 5.41) is 0. The van der Waals surface area contributed by atoms with E-state index in [9.17, 15) is 4.39 Å². The van der Waals surface area contributed by atoms with Crippen LogP contribution in [0.4, 0.5) is 27.5 Å². The summed E-state index contributed by atoms with van der Waals surface area (Å²) in [6.45, 7) is 3.32. The normalized spacial score (nSPS) is 17.8. The molecule has 0 saturated carbocycles. The van der Waals surface area contributed by atoms with Crippen LogP contribution >= 0.6 is 0 Å². The van der Waals surface area contributed by atoms with Crippen LogP contribution in [0.2, 0.25) is 0 Å². The Bertz CT molecular complexity index is 1070. The number of rotatable bonds is 3. The van der Waals surface area contributed by atoms with Gasteiger partial charge in [-0.2, -0.15) is 4.98 Å².